The van der Waals surface area contributed by atoms with Crippen molar-refractivity contribution < 1.29 is 28.8 Å². The van der Waals surface area contributed by atoms with Gasteiger partial charge in [-0.2, -0.15) is 0 Å². The van der Waals surface area contributed by atoms with Gasteiger partial charge >= 0.3 is 0 Å². The smallest absolute Gasteiger partial charge is 0.203 e. The average molecular weight is 391 g/mol. The summed E-state index contributed by atoms with van der Waals surface area (Å²) >= 11 is 0. The van der Waals surface area contributed by atoms with Crippen LogP contribution in [0.15, 0.2) is 36.4 Å². The lowest BCUT2D eigenvalue weighted by Gasteiger charge is -2.22. The predicted octanol–water partition coefficient (Wildman–Crippen LogP) is 2.59. The molecule has 0 aliphatic rings. The Morgan fingerprint density at radius 1 is 0.857 bits per heavy atom. The van der Waals surface area contributed by atoms with Crippen molar-refractivity contribution in [2.45, 2.75) is 12.6 Å². The summed E-state index contributed by atoms with van der Waals surface area (Å²) in [5.41, 5.74) is 0.986. The summed E-state index contributed by atoms with van der Waals surface area (Å²) in [6.07, 6.45) is -0.630. The van der Waals surface area contributed by atoms with E-state index < -0.39 is 6.10 Å². The Bertz CT molecular complexity index is 709. The van der Waals surface area contributed by atoms with Gasteiger partial charge in [-0.1, -0.05) is 0 Å². The van der Waals surface area contributed by atoms with E-state index in [0.29, 0.717) is 36.1 Å². The molecule has 1 atom stereocenters. The van der Waals surface area contributed by atoms with E-state index in [9.17, 15) is 5.11 Å². The zero-order chi connectivity index (χ0) is 20.5. The quantitative estimate of drug-likeness (QED) is 0.631. The normalized spacial score (nSPS) is 11.8. The van der Waals surface area contributed by atoms with E-state index >= 15 is 0 Å². The van der Waals surface area contributed by atoms with Crippen molar-refractivity contribution in [2.24, 2.45) is 0 Å². The molecule has 2 aromatic rings. The number of benzene rings is 2. The van der Waals surface area contributed by atoms with Gasteiger partial charge in [-0.25, -0.2) is 0 Å². The number of likely N-dealkylation sites (N-methyl/N-ethyl adjacent to an activating group) is 1. The second kappa shape index (κ2) is 10.6. The van der Waals surface area contributed by atoms with Crippen molar-refractivity contribution >= 4 is 0 Å². The molecule has 1 unspecified atom stereocenters. The molecule has 0 spiro atoms. The van der Waals surface area contributed by atoms with E-state index in [1.165, 1.54) is 0 Å². The molecule has 28 heavy (non-hydrogen) atoms. The van der Waals surface area contributed by atoms with Crippen molar-refractivity contribution in [2.75, 3.05) is 48.6 Å². The van der Waals surface area contributed by atoms with E-state index in [4.69, 9.17) is 23.7 Å². The van der Waals surface area contributed by atoms with Crippen LogP contribution in [0.3, 0.4) is 0 Å². The Kier molecular flexibility index (Phi) is 8.22. The number of hydrogen-bond acceptors (Lipinski definition) is 7. The minimum Gasteiger partial charge on any atom is -0.497 e. The molecule has 0 bridgehead atoms. The Balaban J connectivity index is 1.90. The molecule has 0 saturated carbocycles. The zero-order valence-electron chi connectivity index (χ0n) is 17.1. The minimum atomic E-state index is -0.630. The molecule has 154 valence electrons. The topological polar surface area (TPSA) is 69.6 Å². The van der Waals surface area contributed by atoms with Gasteiger partial charge < -0.3 is 28.8 Å². The average Bonchev–Trinajstić information content (AvgIpc) is 2.71. The van der Waals surface area contributed by atoms with Crippen molar-refractivity contribution in [1.82, 2.24) is 4.90 Å². The number of aliphatic hydroxyl groups is 1. The standard InChI is InChI=1S/C21H29NO6/c1-22(12-15-10-19(25-3)21(27-5)20(11-15)26-4)13-16(23)14-28-18-8-6-17(24-2)7-9-18/h6-11,16,23H,12-14H2,1-5H3. The second-order valence-electron chi connectivity index (χ2n) is 6.37. The van der Waals surface area contributed by atoms with Crippen LogP contribution in [0.1, 0.15) is 5.56 Å². The van der Waals surface area contributed by atoms with Gasteiger partial charge in [0.1, 0.15) is 24.2 Å². The van der Waals surface area contributed by atoms with Gasteiger partial charge in [0.25, 0.3) is 0 Å². The lowest BCUT2D eigenvalue weighted by Crippen LogP contribution is -2.32. The second-order valence-corrected chi connectivity index (χ2v) is 6.37. The first-order valence-corrected chi connectivity index (χ1v) is 8.93. The number of ether oxygens (including phenoxy) is 5. The molecule has 0 aliphatic carbocycles. The molecular formula is C21H29NO6. The summed E-state index contributed by atoms with van der Waals surface area (Å²) in [5.74, 6) is 3.22. The van der Waals surface area contributed by atoms with E-state index in [0.717, 1.165) is 11.3 Å². The maximum absolute atomic E-state index is 10.3. The molecule has 1 N–H and O–H groups in total. The first-order chi connectivity index (χ1) is 13.5. The Labute approximate surface area is 166 Å². The van der Waals surface area contributed by atoms with E-state index in [-0.39, 0.29) is 6.61 Å². The number of nitrogens with zero attached hydrogens (tertiary/aromatic N) is 1. The van der Waals surface area contributed by atoms with Gasteiger partial charge in [0.15, 0.2) is 11.5 Å². The van der Waals surface area contributed by atoms with E-state index in [1.54, 1.807) is 28.4 Å². The van der Waals surface area contributed by atoms with Crippen LogP contribution < -0.4 is 23.7 Å². The monoisotopic (exact) mass is 391 g/mol. The number of hydrogen-bond donors (Lipinski definition) is 1. The maximum Gasteiger partial charge on any atom is 0.203 e. The summed E-state index contributed by atoms with van der Waals surface area (Å²) in [6.45, 7) is 1.26. The van der Waals surface area contributed by atoms with Crippen LogP contribution in [0.4, 0.5) is 0 Å². The first kappa shape index (κ1) is 21.7. The van der Waals surface area contributed by atoms with Crippen LogP contribution in [-0.4, -0.2) is 64.7 Å². The first-order valence-electron chi connectivity index (χ1n) is 8.93. The minimum absolute atomic E-state index is 0.200. The zero-order valence-corrected chi connectivity index (χ0v) is 17.1. The molecule has 7 heteroatoms. The predicted molar refractivity (Wildman–Crippen MR) is 107 cm³/mol. The van der Waals surface area contributed by atoms with Crippen LogP contribution in [-0.2, 0) is 6.54 Å². The van der Waals surface area contributed by atoms with Gasteiger partial charge in [-0.3, -0.25) is 4.90 Å². The Morgan fingerprint density at radius 2 is 1.43 bits per heavy atom. The SMILES string of the molecule is COc1ccc(OCC(O)CN(C)Cc2cc(OC)c(OC)c(OC)c2)cc1. The largest absolute Gasteiger partial charge is 0.497 e. The fourth-order valence-electron chi connectivity index (χ4n) is 2.88. The van der Waals surface area contributed by atoms with Gasteiger partial charge in [-0.05, 0) is 49.0 Å². The molecule has 0 amide bonds. The molecule has 0 heterocycles. The van der Waals surface area contributed by atoms with Crippen molar-refractivity contribution in [3.8, 4) is 28.7 Å². The van der Waals surface area contributed by atoms with Crippen molar-refractivity contribution in [3.05, 3.63) is 42.0 Å². The maximum atomic E-state index is 10.3. The molecule has 0 radical (unpaired) electrons. The lowest BCUT2D eigenvalue weighted by atomic mass is 10.1. The molecule has 0 aromatic heterocycles. The fraction of sp³-hybridized carbons (Fsp3) is 0.429. The number of rotatable bonds is 11. The van der Waals surface area contributed by atoms with Crippen LogP contribution in [0, 0.1) is 0 Å². The van der Waals surface area contributed by atoms with Crippen molar-refractivity contribution in [1.29, 1.82) is 0 Å². The number of methoxy groups -OCH3 is 4. The molecule has 2 aromatic carbocycles. The summed E-state index contributed by atoms with van der Waals surface area (Å²) in [4.78, 5) is 2.00. The highest BCUT2D eigenvalue weighted by molar-refractivity contribution is 5.53. The van der Waals surface area contributed by atoms with E-state index in [2.05, 4.69) is 0 Å². The third-order valence-electron chi connectivity index (χ3n) is 4.20. The third kappa shape index (κ3) is 5.94. The highest BCUT2D eigenvalue weighted by Gasteiger charge is 2.15. The Hall–Kier alpha value is -2.64. The van der Waals surface area contributed by atoms with Gasteiger partial charge in [0, 0.05) is 13.1 Å². The number of aliphatic hydroxyl groups excluding tert-OH is 1. The summed E-state index contributed by atoms with van der Waals surface area (Å²) < 4.78 is 26.9. The summed E-state index contributed by atoms with van der Waals surface area (Å²) in [5, 5.41) is 10.3. The summed E-state index contributed by atoms with van der Waals surface area (Å²) in [7, 11) is 8.30. The van der Waals surface area contributed by atoms with Gasteiger partial charge in [-0.15, -0.1) is 0 Å². The summed E-state index contributed by atoms with van der Waals surface area (Å²) in [6, 6.07) is 11.1. The molecular weight excluding hydrogens is 362 g/mol. The molecule has 0 fully saturated rings. The van der Waals surface area contributed by atoms with Crippen molar-refractivity contribution in [3.63, 3.8) is 0 Å². The fourth-order valence-corrected chi connectivity index (χ4v) is 2.88. The van der Waals surface area contributed by atoms with Gasteiger partial charge in [0.2, 0.25) is 5.75 Å². The highest BCUT2D eigenvalue weighted by atomic mass is 16.5. The molecule has 2 rings (SSSR count). The highest BCUT2D eigenvalue weighted by Crippen LogP contribution is 2.38. The lowest BCUT2D eigenvalue weighted by molar-refractivity contribution is 0.0743. The van der Waals surface area contributed by atoms with Crippen LogP contribution >= 0.6 is 0 Å². The van der Waals surface area contributed by atoms with E-state index in [1.807, 2.05) is 48.3 Å². The van der Waals surface area contributed by atoms with Crippen LogP contribution in [0.5, 0.6) is 28.7 Å². The van der Waals surface area contributed by atoms with Crippen LogP contribution in [0.2, 0.25) is 0 Å². The molecule has 0 saturated heterocycles. The molecule has 7 nitrogen and oxygen atoms in total. The third-order valence-corrected chi connectivity index (χ3v) is 4.20. The Morgan fingerprint density at radius 3 is 1.93 bits per heavy atom. The molecule has 0 aliphatic heterocycles. The van der Waals surface area contributed by atoms with Crippen LogP contribution in [0.25, 0.3) is 0 Å². The van der Waals surface area contributed by atoms with Gasteiger partial charge in [0.05, 0.1) is 28.4 Å².